The number of rotatable bonds is 5. The summed E-state index contributed by atoms with van der Waals surface area (Å²) < 4.78 is 1.92. The zero-order valence-electron chi connectivity index (χ0n) is 16.9. The average molecular weight is 384 g/mol. The quantitative estimate of drug-likeness (QED) is 0.518. The smallest absolute Gasteiger partial charge is 0.234 e. The number of nitrogens with zero attached hydrogens (tertiary/aromatic N) is 3. The van der Waals surface area contributed by atoms with Crippen LogP contribution in [0.3, 0.4) is 0 Å². The van der Waals surface area contributed by atoms with Crippen LogP contribution in [-0.2, 0) is 4.79 Å². The highest BCUT2D eigenvalue weighted by Crippen LogP contribution is 2.27. The normalized spacial score (nSPS) is 12.1. The number of carbonyl (C=O) groups excluding carboxylic acids is 1. The van der Waals surface area contributed by atoms with Crippen molar-refractivity contribution in [3.05, 3.63) is 83.8 Å². The molecular weight excluding hydrogens is 360 g/mol. The van der Waals surface area contributed by atoms with E-state index in [1.807, 2.05) is 86.1 Å². The molecule has 0 bridgehead atoms. The van der Waals surface area contributed by atoms with Gasteiger partial charge in [-0.05, 0) is 43.0 Å². The summed E-state index contributed by atoms with van der Waals surface area (Å²) in [5.74, 6) is 0.486. The predicted octanol–water partition coefficient (Wildman–Crippen LogP) is 5.15. The zero-order chi connectivity index (χ0) is 20.4. The van der Waals surface area contributed by atoms with Gasteiger partial charge in [0.15, 0.2) is 0 Å². The number of hydrogen-bond donors (Lipinski definition) is 1. The summed E-state index contributed by atoms with van der Waals surface area (Å²) >= 11 is 0. The number of carbonyl (C=O) groups is 1. The fraction of sp³-hybridized carbons (Fsp3) is 0.208. The SMILES string of the molecule is CCC(C(=O)Nc1cc(-c2cn3cc(C)cnc3n2)ccc1C)c1ccccc1. The van der Waals surface area contributed by atoms with Gasteiger partial charge in [-0.15, -0.1) is 0 Å². The molecule has 0 radical (unpaired) electrons. The highest BCUT2D eigenvalue weighted by Gasteiger charge is 2.19. The number of benzene rings is 2. The predicted molar refractivity (Wildman–Crippen MR) is 116 cm³/mol. The fourth-order valence-electron chi connectivity index (χ4n) is 3.52. The van der Waals surface area contributed by atoms with Crippen LogP contribution in [0.1, 0.15) is 36.0 Å². The van der Waals surface area contributed by atoms with E-state index < -0.39 is 0 Å². The zero-order valence-corrected chi connectivity index (χ0v) is 16.9. The monoisotopic (exact) mass is 384 g/mol. The number of aryl methyl sites for hydroxylation is 2. The Morgan fingerprint density at radius 2 is 1.90 bits per heavy atom. The Morgan fingerprint density at radius 3 is 2.66 bits per heavy atom. The molecule has 4 rings (SSSR count). The van der Waals surface area contributed by atoms with Crippen molar-refractivity contribution in [2.75, 3.05) is 5.32 Å². The van der Waals surface area contributed by atoms with Gasteiger partial charge in [0.25, 0.3) is 0 Å². The lowest BCUT2D eigenvalue weighted by atomic mass is 9.95. The van der Waals surface area contributed by atoms with E-state index in [2.05, 4.69) is 15.3 Å². The second-order valence-corrected chi connectivity index (χ2v) is 7.36. The van der Waals surface area contributed by atoms with Gasteiger partial charge in [-0.1, -0.05) is 49.4 Å². The van der Waals surface area contributed by atoms with E-state index in [4.69, 9.17) is 0 Å². The number of imidazole rings is 1. The van der Waals surface area contributed by atoms with Crippen molar-refractivity contribution in [2.45, 2.75) is 33.1 Å². The second-order valence-electron chi connectivity index (χ2n) is 7.36. The third-order valence-corrected chi connectivity index (χ3v) is 5.16. The summed E-state index contributed by atoms with van der Waals surface area (Å²) in [6.45, 7) is 6.03. The number of hydrogen-bond acceptors (Lipinski definition) is 3. The Hall–Kier alpha value is -3.47. The number of fused-ring (bicyclic) bond motifs is 1. The molecule has 1 atom stereocenters. The molecule has 0 fully saturated rings. The molecule has 29 heavy (non-hydrogen) atoms. The van der Waals surface area contributed by atoms with Crippen LogP contribution >= 0.6 is 0 Å². The van der Waals surface area contributed by atoms with E-state index in [9.17, 15) is 4.79 Å². The van der Waals surface area contributed by atoms with E-state index in [0.29, 0.717) is 5.78 Å². The van der Waals surface area contributed by atoms with Crippen LogP contribution < -0.4 is 5.32 Å². The topological polar surface area (TPSA) is 59.3 Å². The van der Waals surface area contributed by atoms with Gasteiger partial charge in [-0.25, -0.2) is 9.97 Å². The Balaban J connectivity index is 1.63. The number of anilines is 1. The van der Waals surface area contributed by atoms with Crippen LogP contribution in [0, 0.1) is 13.8 Å². The van der Waals surface area contributed by atoms with Crippen molar-refractivity contribution >= 4 is 17.4 Å². The first kappa shape index (κ1) is 18.9. The highest BCUT2D eigenvalue weighted by atomic mass is 16.1. The third-order valence-electron chi connectivity index (χ3n) is 5.16. The molecule has 5 nitrogen and oxygen atoms in total. The molecule has 0 saturated carbocycles. The minimum absolute atomic E-state index is 0.00578. The number of nitrogens with one attached hydrogen (secondary N) is 1. The van der Waals surface area contributed by atoms with Crippen molar-refractivity contribution in [3.8, 4) is 11.3 Å². The molecule has 0 aliphatic rings. The molecule has 2 aromatic heterocycles. The average Bonchev–Trinajstić information content (AvgIpc) is 3.14. The van der Waals surface area contributed by atoms with Gasteiger partial charge in [0, 0.05) is 29.8 Å². The van der Waals surface area contributed by atoms with Crippen LogP contribution in [0.4, 0.5) is 5.69 Å². The molecule has 0 aliphatic carbocycles. The summed E-state index contributed by atoms with van der Waals surface area (Å²) in [6.07, 6.45) is 6.51. The van der Waals surface area contributed by atoms with E-state index in [0.717, 1.165) is 40.1 Å². The molecule has 1 N–H and O–H groups in total. The standard InChI is InChI=1S/C24H24N4O/c1-4-20(18-8-6-5-7-9-18)23(29)26-21-12-19(11-10-17(21)3)22-15-28-14-16(2)13-25-24(28)27-22/h5-15,20H,4H2,1-3H3,(H,26,29). The first-order valence-electron chi connectivity index (χ1n) is 9.83. The molecule has 2 aromatic carbocycles. The summed E-state index contributed by atoms with van der Waals surface area (Å²) in [5.41, 5.74) is 5.70. The summed E-state index contributed by atoms with van der Waals surface area (Å²) in [4.78, 5) is 22.0. The van der Waals surface area contributed by atoms with Crippen molar-refractivity contribution in [3.63, 3.8) is 0 Å². The molecule has 2 heterocycles. The van der Waals surface area contributed by atoms with Crippen LogP contribution in [0.5, 0.6) is 0 Å². The highest BCUT2D eigenvalue weighted by molar-refractivity contribution is 5.97. The lowest BCUT2D eigenvalue weighted by Gasteiger charge is -2.17. The van der Waals surface area contributed by atoms with Gasteiger partial charge in [0.2, 0.25) is 11.7 Å². The van der Waals surface area contributed by atoms with E-state index in [1.54, 1.807) is 6.20 Å². The molecule has 0 aliphatic heterocycles. The van der Waals surface area contributed by atoms with Gasteiger partial charge in [0.05, 0.1) is 11.6 Å². The van der Waals surface area contributed by atoms with Crippen molar-refractivity contribution in [1.82, 2.24) is 14.4 Å². The van der Waals surface area contributed by atoms with E-state index in [1.165, 1.54) is 0 Å². The molecule has 0 saturated heterocycles. The van der Waals surface area contributed by atoms with Crippen molar-refractivity contribution < 1.29 is 4.79 Å². The molecule has 1 amide bonds. The molecule has 0 spiro atoms. The van der Waals surface area contributed by atoms with Crippen LogP contribution in [0.15, 0.2) is 67.1 Å². The molecule has 146 valence electrons. The van der Waals surface area contributed by atoms with Crippen LogP contribution in [0.2, 0.25) is 0 Å². The summed E-state index contributed by atoms with van der Waals surface area (Å²) in [5, 5.41) is 3.12. The minimum atomic E-state index is -0.179. The first-order valence-corrected chi connectivity index (χ1v) is 9.83. The minimum Gasteiger partial charge on any atom is -0.325 e. The van der Waals surface area contributed by atoms with Gasteiger partial charge in [-0.3, -0.25) is 9.20 Å². The summed E-state index contributed by atoms with van der Waals surface area (Å²) in [7, 11) is 0. The third kappa shape index (κ3) is 3.90. The van der Waals surface area contributed by atoms with E-state index in [-0.39, 0.29) is 11.8 Å². The lowest BCUT2D eigenvalue weighted by Crippen LogP contribution is -2.21. The number of aromatic nitrogens is 3. The Bertz CT molecular complexity index is 1160. The maximum Gasteiger partial charge on any atom is 0.234 e. The van der Waals surface area contributed by atoms with Crippen LogP contribution in [0.25, 0.3) is 17.0 Å². The van der Waals surface area contributed by atoms with Crippen LogP contribution in [-0.4, -0.2) is 20.3 Å². The maximum atomic E-state index is 13.0. The van der Waals surface area contributed by atoms with Gasteiger partial charge < -0.3 is 5.32 Å². The second kappa shape index (κ2) is 7.87. The van der Waals surface area contributed by atoms with E-state index >= 15 is 0 Å². The van der Waals surface area contributed by atoms with Gasteiger partial charge in [-0.2, -0.15) is 0 Å². The van der Waals surface area contributed by atoms with Crippen molar-refractivity contribution in [2.24, 2.45) is 0 Å². The maximum absolute atomic E-state index is 13.0. The summed E-state index contributed by atoms with van der Waals surface area (Å²) in [6, 6.07) is 15.9. The Kier molecular flexibility index (Phi) is 5.12. The Labute approximate surface area is 170 Å². The van der Waals surface area contributed by atoms with Crippen molar-refractivity contribution in [1.29, 1.82) is 0 Å². The first-order chi connectivity index (χ1) is 14.0. The van der Waals surface area contributed by atoms with Gasteiger partial charge >= 0.3 is 0 Å². The molecule has 5 heteroatoms. The molecular formula is C24H24N4O. The molecule has 4 aromatic rings. The lowest BCUT2D eigenvalue weighted by molar-refractivity contribution is -0.117. The fourth-order valence-corrected chi connectivity index (χ4v) is 3.52. The van der Waals surface area contributed by atoms with Gasteiger partial charge in [0.1, 0.15) is 0 Å². The Morgan fingerprint density at radius 1 is 1.10 bits per heavy atom. The largest absolute Gasteiger partial charge is 0.325 e. The molecule has 1 unspecified atom stereocenters. The number of amides is 1.